The van der Waals surface area contributed by atoms with Gasteiger partial charge in [0.1, 0.15) is 12.0 Å². The van der Waals surface area contributed by atoms with E-state index in [2.05, 4.69) is 33.1 Å². The number of anilines is 2. The van der Waals surface area contributed by atoms with Gasteiger partial charge in [-0.25, -0.2) is 17.7 Å². The lowest BCUT2D eigenvalue weighted by atomic mass is 9.63. The van der Waals surface area contributed by atoms with Crippen LogP contribution in [-0.4, -0.2) is 64.1 Å². The normalized spacial score (nSPS) is 25.5. The minimum Gasteiger partial charge on any atom is -0.380 e. The van der Waals surface area contributed by atoms with E-state index in [1.807, 2.05) is 12.1 Å². The van der Waals surface area contributed by atoms with Crippen LogP contribution in [0, 0.1) is 17.2 Å². The summed E-state index contributed by atoms with van der Waals surface area (Å²) >= 11 is -2.29. The number of halogens is 2. The zero-order chi connectivity index (χ0) is 28.3. The molecule has 1 N–H and O–H groups in total. The fraction of sp³-hybridized carbons (Fsp3) is 0.452. The summed E-state index contributed by atoms with van der Waals surface area (Å²) in [5.41, 5.74) is 5.13. The number of aromatic nitrogens is 2. The van der Waals surface area contributed by atoms with Crippen LogP contribution in [0.5, 0.6) is 0 Å². The van der Waals surface area contributed by atoms with Gasteiger partial charge in [0.25, 0.3) is 0 Å². The lowest BCUT2D eigenvalue weighted by molar-refractivity contribution is -0.0109. The molecule has 2 aliphatic carbocycles. The smallest absolute Gasteiger partial charge is 0.207 e. The van der Waals surface area contributed by atoms with Crippen molar-refractivity contribution in [2.45, 2.75) is 49.4 Å². The number of benzene rings is 2. The maximum absolute atomic E-state index is 14.0. The second-order valence-electron chi connectivity index (χ2n) is 11.8. The minimum atomic E-state index is -2.29. The van der Waals surface area contributed by atoms with Crippen molar-refractivity contribution in [3.05, 3.63) is 71.2 Å². The number of hydrogen-bond donors (Lipinski definition) is 1. The van der Waals surface area contributed by atoms with Crippen molar-refractivity contribution in [3.63, 3.8) is 0 Å². The zero-order valence-corrected chi connectivity index (χ0v) is 23.8. The molecule has 7 nitrogen and oxygen atoms in total. The molecule has 3 aromatic rings. The van der Waals surface area contributed by atoms with E-state index < -0.39 is 22.7 Å². The van der Waals surface area contributed by atoms with Gasteiger partial charge >= 0.3 is 0 Å². The first-order valence-electron chi connectivity index (χ1n) is 14.3. The summed E-state index contributed by atoms with van der Waals surface area (Å²) < 4.78 is 58.5. The summed E-state index contributed by atoms with van der Waals surface area (Å²) in [6, 6.07) is 14.4. The Morgan fingerprint density at radius 2 is 1.83 bits per heavy atom. The molecule has 3 fully saturated rings. The molecule has 0 spiro atoms. The summed E-state index contributed by atoms with van der Waals surface area (Å²) in [4.78, 5) is 4.50. The van der Waals surface area contributed by atoms with Gasteiger partial charge in [-0.3, -0.25) is 0 Å². The second-order valence-corrected chi connectivity index (χ2v) is 12.7. The van der Waals surface area contributed by atoms with E-state index in [9.17, 15) is 17.5 Å². The van der Waals surface area contributed by atoms with Crippen LogP contribution in [0.1, 0.15) is 36.9 Å². The number of rotatable bonds is 7. The third kappa shape index (κ3) is 4.70. The topological polar surface area (TPSA) is 70.8 Å². The number of methoxy groups -OCH3 is 1. The Bertz CT molecular complexity index is 1520. The molecule has 3 heterocycles. The Balaban J connectivity index is 1.30. The highest BCUT2D eigenvalue weighted by atomic mass is 32.2. The van der Waals surface area contributed by atoms with Crippen molar-refractivity contribution < 1.29 is 22.3 Å². The van der Waals surface area contributed by atoms with Crippen LogP contribution in [0.3, 0.4) is 0 Å². The molecule has 41 heavy (non-hydrogen) atoms. The van der Waals surface area contributed by atoms with E-state index in [-0.39, 0.29) is 16.9 Å². The number of piperidine rings is 1. The van der Waals surface area contributed by atoms with Crippen LogP contribution in [0.15, 0.2) is 59.1 Å². The Kier molecular flexibility index (Phi) is 6.75. The standard InChI is InChI=1S/C31H34F2N4O3S/c1-40-29(20-5-6-20)31-17-27-28(37(34-30(27)41(38)39)24-9-7-22(32)8-10-24)15-21(31)11-13-36(19-31)26-4-2-3-25(16-26)35-14-12-23(33)18-35/h2-4,7-10,15-16,20,23,29H,5-6,11-14,17-19H2,1H3,(H,38,39)/t23-,29+,31?/m0/s1. The highest BCUT2D eigenvalue weighted by Gasteiger charge is 2.54. The van der Waals surface area contributed by atoms with E-state index in [0.29, 0.717) is 37.5 Å². The van der Waals surface area contributed by atoms with Gasteiger partial charge in [0.05, 0.1) is 17.5 Å². The number of alkyl halides is 1. The van der Waals surface area contributed by atoms with Gasteiger partial charge in [0.15, 0.2) is 5.03 Å². The van der Waals surface area contributed by atoms with Crippen LogP contribution in [0.4, 0.5) is 20.2 Å². The largest absolute Gasteiger partial charge is 0.380 e. The van der Waals surface area contributed by atoms with Gasteiger partial charge in [-0.2, -0.15) is 5.10 Å². The van der Waals surface area contributed by atoms with Crippen LogP contribution >= 0.6 is 0 Å². The summed E-state index contributed by atoms with van der Waals surface area (Å²) in [7, 11) is 1.78. The third-order valence-electron chi connectivity index (χ3n) is 9.33. The molecule has 0 radical (unpaired) electrons. The maximum Gasteiger partial charge on any atom is 0.207 e. The Morgan fingerprint density at radius 3 is 2.49 bits per heavy atom. The lowest BCUT2D eigenvalue weighted by Crippen LogP contribution is -2.55. The number of fused-ring (bicyclic) bond motifs is 2. The van der Waals surface area contributed by atoms with Crippen molar-refractivity contribution in [1.29, 1.82) is 0 Å². The van der Waals surface area contributed by atoms with Gasteiger partial charge in [-0.1, -0.05) is 11.6 Å². The first kappa shape index (κ1) is 26.8. The minimum absolute atomic E-state index is 0.0482. The molecule has 0 amide bonds. The molecule has 1 saturated carbocycles. The van der Waals surface area contributed by atoms with Crippen molar-refractivity contribution >= 4 is 28.5 Å². The average molecular weight is 581 g/mol. The van der Waals surface area contributed by atoms with Crippen molar-refractivity contribution in [1.82, 2.24) is 9.78 Å². The van der Waals surface area contributed by atoms with Crippen LogP contribution in [0.2, 0.25) is 0 Å². The molecule has 216 valence electrons. The molecule has 7 rings (SSSR count). The van der Waals surface area contributed by atoms with Crippen LogP contribution in [0.25, 0.3) is 11.8 Å². The Labute approximate surface area is 241 Å². The summed E-state index contributed by atoms with van der Waals surface area (Å²) in [6.45, 7) is 2.65. The highest BCUT2D eigenvalue weighted by molar-refractivity contribution is 7.79. The van der Waals surface area contributed by atoms with E-state index in [1.165, 1.54) is 17.7 Å². The van der Waals surface area contributed by atoms with Gasteiger partial charge < -0.3 is 19.1 Å². The monoisotopic (exact) mass is 580 g/mol. The van der Waals surface area contributed by atoms with Crippen LogP contribution < -0.4 is 9.80 Å². The van der Waals surface area contributed by atoms with E-state index in [4.69, 9.17) is 4.74 Å². The average Bonchev–Trinajstić information content (AvgIpc) is 3.60. The fourth-order valence-electron chi connectivity index (χ4n) is 7.27. The Hall–Kier alpha value is -3.08. The summed E-state index contributed by atoms with van der Waals surface area (Å²) in [5.74, 6) is 0.0775. The molecule has 4 aliphatic rings. The predicted octanol–water partition coefficient (Wildman–Crippen LogP) is 5.40. The third-order valence-corrected chi connectivity index (χ3v) is 9.99. The van der Waals surface area contributed by atoms with Gasteiger partial charge in [0, 0.05) is 55.6 Å². The fourth-order valence-corrected chi connectivity index (χ4v) is 7.81. The first-order valence-corrected chi connectivity index (χ1v) is 15.4. The SMILES string of the molecule is CO[C@H](C1CC1)C12Cc3c(S(=O)O)nn(-c4ccc(F)cc4)c3C=C1CCN(c1cccc(N3CC[C@H](F)C3)c1)C2. The van der Waals surface area contributed by atoms with Gasteiger partial charge in [-0.15, -0.1) is 0 Å². The Morgan fingerprint density at radius 1 is 1.07 bits per heavy atom. The molecule has 1 aromatic heterocycles. The van der Waals surface area contributed by atoms with Gasteiger partial charge in [0.2, 0.25) is 11.1 Å². The zero-order valence-electron chi connectivity index (χ0n) is 23.0. The maximum atomic E-state index is 14.0. The molecule has 2 aromatic carbocycles. The summed E-state index contributed by atoms with van der Waals surface area (Å²) in [6.07, 6.45) is 5.39. The van der Waals surface area contributed by atoms with Crippen LogP contribution in [-0.2, 0) is 22.2 Å². The molecular weight excluding hydrogens is 546 g/mol. The molecule has 2 aliphatic heterocycles. The van der Waals surface area contributed by atoms with Crippen molar-refractivity contribution in [2.75, 3.05) is 43.1 Å². The van der Waals surface area contributed by atoms with E-state index in [1.54, 1.807) is 23.9 Å². The molecular formula is C31H34F2N4O3S. The molecule has 2 saturated heterocycles. The quantitative estimate of drug-likeness (QED) is 0.378. The number of hydrogen-bond acceptors (Lipinski definition) is 5. The second kappa shape index (κ2) is 10.3. The van der Waals surface area contributed by atoms with Gasteiger partial charge in [-0.05, 0) is 86.6 Å². The predicted molar refractivity (Wildman–Crippen MR) is 155 cm³/mol. The number of nitrogens with zero attached hydrogens (tertiary/aromatic N) is 4. The number of ether oxygens (including phenoxy) is 1. The lowest BCUT2D eigenvalue weighted by Gasteiger charge is -2.51. The van der Waals surface area contributed by atoms with Crippen molar-refractivity contribution in [2.24, 2.45) is 11.3 Å². The van der Waals surface area contributed by atoms with Crippen molar-refractivity contribution in [3.8, 4) is 5.69 Å². The van der Waals surface area contributed by atoms with E-state index in [0.717, 1.165) is 55.0 Å². The highest BCUT2D eigenvalue weighted by Crippen LogP contribution is 2.54. The molecule has 0 bridgehead atoms. The molecule has 10 heteroatoms. The summed E-state index contributed by atoms with van der Waals surface area (Å²) in [5, 5.41) is 4.71. The molecule has 2 unspecified atom stereocenters. The van der Waals surface area contributed by atoms with E-state index >= 15 is 0 Å². The first-order chi connectivity index (χ1) is 19.9. The molecule has 4 atom stereocenters.